The van der Waals surface area contributed by atoms with Crippen LogP contribution in [0.5, 0.6) is 0 Å². The molecule has 1 saturated heterocycles. The molecule has 3 aliphatic rings. The number of aromatic nitrogens is 2. The van der Waals surface area contributed by atoms with E-state index in [-0.39, 0.29) is 28.7 Å². The Morgan fingerprint density at radius 3 is 2.59 bits per heavy atom. The second-order valence-electron chi connectivity index (χ2n) is 10.2. The molecule has 2 fully saturated rings. The number of benzene rings is 2. The molecule has 1 atom stereocenters. The van der Waals surface area contributed by atoms with Crippen molar-refractivity contribution in [1.82, 2.24) is 14.5 Å². The van der Waals surface area contributed by atoms with Gasteiger partial charge >= 0.3 is 5.69 Å². The fourth-order valence-corrected chi connectivity index (χ4v) is 6.85. The summed E-state index contributed by atoms with van der Waals surface area (Å²) in [6.45, 7) is 7.73. The number of nitrogens with zero attached hydrogens (tertiary/aromatic N) is 4. The average Bonchev–Trinajstić information content (AvgIpc) is 3.76. The number of thioether (sulfide) groups is 1. The van der Waals surface area contributed by atoms with Crippen LogP contribution in [0.4, 0.5) is 14.6 Å². The van der Waals surface area contributed by atoms with Gasteiger partial charge in [0.15, 0.2) is 0 Å². The third-order valence-electron chi connectivity index (χ3n) is 7.45. The molecule has 204 valence electrons. The van der Waals surface area contributed by atoms with Crippen LogP contribution in [0.15, 0.2) is 40.5 Å². The highest BCUT2D eigenvalue weighted by Gasteiger charge is 2.32. The molecule has 39 heavy (non-hydrogen) atoms. The van der Waals surface area contributed by atoms with Gasteiger partial charge in [0.25, 0.3) is 0 Å². The van der Waals surface area contributed by atoms with Crippen LogP contribution in [0, 0.1) is 18.6 Å². The number of hydrogen-bond donors (Lipinski definition) is 0. The highest BCUT2D eigenvalue weighted by Crippen LogP contribution is 2.45. The molecule has 1 amide bonds. The monoisotopic (exact) mass is 572 g/mol. The number of piperazine rings is 1. The Labute approximate surface area is 233 Å². The lowest BCUT2D eigenvalue weighted by Gasteiger charge is -2.35. The van der Waals surface area contributed by atoms with Crippen LogP contribution >= 0.6 is 23.4 Å². The van der Waals surface area contributed by atoms with Crippen molar-refractivity contribution < 1.29 is 18.3 Å². The first-order valence-electron chi connectivity index (χ1n) is 12.9. The molecule has 0 bridgehead atoms. The molecule has 1 saturated carbocycles. The molecule has 2 aliphatic heterocycles. The number of carbonyl (C=O) groups is 1. The second kappa shape index (κ2) is 10.2. The van der Waals surface area contributed by atoms with E-state index in [9.17, 15) is 14.0 Å². The molecule has 1 unspecified atom stereocenters. The quantitative estimate of drug-likeness (QED) is 0.323. The van der Waals surface area contributed by atoms with Crippen molar-refractivity contribution in [2.24, 2.45) is 0 Å². The Kier molecular flexibility index (Phi) is 6.89. The van der Waals surface area contributed by atoms with E-state index in [0.29, 0.717) is 55.4 Å². The van der Waals surface area contributed by atoms with Crippen LogP contribution in [0.3, 0.4) is 0 Å². The van der Waals surface area contributed by atoms with Crippen LogP contribution in [-0.4, -0.2) is 64.5 Å². The first-order chi connectivity index (χ1) is 18.7. The Hall–Kier alpha value is -2.95. The summed E-state index contributed by atoms with van der Waals surface area (Å²) in [5.41, 5.74) is 1.75. The van der Waals surface area contributed by atoms with E-state index >= 15 is 4.39 Å². The minimum Gasteiger partial charge on any atom is -0.372 e. The molecule has 3 heterocycles. The summed E-state index contributed by atoms with van der Waals surface area (Å²) in [5, 5.41) is 0.592. The third kappa shape index (κ3) is 4.83. The number of anilines is 1. The lowest BCUT2D eigenvalue weighted by molar-refractivity contribution is -0.126. The number of ether oxygens (including phenoxy) is 1. The van der Waals surface area contributed by atoms with Crippen molar-refractivity contribution in [1.29, 1.82) is 0 Å². The van der Waals surface area contributed by atoms with Crippen LogP contribution in [-0.2, 0) is 16.1 Å². The van der Waals surface area contributed by atoms with Crippen LogP contribution in [0.25, 0.3) is 22.0 Å². The van der Waals surface area contributed by atoms with E-state index in [1.54, 1.807) is 9.47 Å². The number of aryl methyl sites for hydroxylation is 1. The first kappa shape index (κ1) is 26.3. The molecule has 3 aromatic rings. The molecule has 0 radical (unpaired) electrons. The Bertz CT molecular complexity index is 1570. The molecule has 0 spiro atoms. The fraction of sp³-hybridized carbons (Fsp3) is 0.393. The zero-order valence-corrected chi connectivity index (χ0v) is 23.0. The highest BCUT2D eigenvalue weighted by molar-refractivity contribution is 7.99. The summed E-state index contributed by atoms with van der Waals surface area (Å²) in [7, 11) is 0. The molecular weight excluding hydrogens is 546 g/mol. The van der Waals surface area contributed by atoms with Crippen LogP contribution < -0.4 is 10.6 Å². The van der Waals surface area contributed by atoms with Crippen molar-refractivity contribution >= 4 is 46.0 Å². The van der Waals surface area contributed by atoms with Crippen molar-refractivity contribution in [3.05, 3.63) is 63.6 Å². The third-order valence-corrected chi connectivity index (χ3v) is 8.96. The van der Waals surface area contributed by atoms with Gasteiger partial charge in [-0.25, -0.2) is 13.6 Å². The Morgan fingerprint density at radius 1 is 1.15 bits per heavy atom. The Balaban J connectivity index is 1.53. The van der Waals surface area contributed by atoms with Gasteiger partial charge in [-0.05, 0) is 43.5 Å². The van der Waals surface area contributed by atoms with E-state index in [4.69, 9.17) is 16.3 Å². The largest absolute Gasteiger partial charge is 0.372 e. The minimum absolute atomic E-state index is 0.130. The maximum atomic E-state index is 15.2. The van der Waals surface area contributed by atoms with Gasteiger partial charge < -0.3 is 14.5 Å². The Morgan fingerprint density at radius 2 is 1.90 bits per heavy atom. The van der Waals surface area contributed by atoms with Crippen molar-refractivity contribution in [2.45, 2.75) is 43.4 Å². The van der Waals surface area contributed by atoms with Gasteiger partial charge in [0.05, 0.1) is 29.3 Å². The summed E-state index contributed by atoms with van der Waals surface area (Å²) < 4.78 is 37.1. The number of hydrogen-bond acceptors (Lipinski definition) is 6. The minimum atomic E-state index is -0.828. The van der Waals surface area contributed by atoms with Gasteiger partial charge in [0.1, 0.15) is 17.5 Å². The average molecular weight is 573 g/mol. The molecule has 1 aliphatic carbocycles. The van der Waals surface area contributed by atoms with Gasteiger partial charge in [-0.2, -0.15) is 4.98 Å². The zero-order chi connectivity index (χ0) is 27.4. The maximum Gasteiger partial charge on any atom is 0.350 e. The predicted molar refractivity (Wildman–Crippen MR) is 149 cm³/mol. The van der Waals surface area contributed by atoms with E-state index in [0.717, 1.165) is 34.8 Å². The summed E-state index contributed by atoms with van der Waals surface area (Å²) >= 11 is 7.60. The molecule has 0 N–H and O–H groups in total. The van der Waals surface area contributed by atoms with Gasteiger partial charge in [0, 0.05) is 59.4 Å². The van der Waals surface area contributed by atoms with Crippen molar-refractivity contribution in [3.63, 3.8) is 0 Å². The maximum absolute atomic E-state index is 15.2. The molecule has 1 aromatic heterocycles. The highest BCUT2D eigenvalue weighted by atomic mass is 35.5. The van der Waals surface area contributed by atoms with Crippen molar-refractivity contribution in [2.75, 3.05) is 36.8 Å². The lowest BCUT2D eigenvalue weighted by atomic mass is 9.97. The van der Waals surface area contributed by atoms with E-state index < -0.39 is 17.3 Å². The molecule has 7 nitrogen and oxygen atoms in total. The topological polar surface area (TPSA) is 67.7 Å². The molecule has 2 aromatic carbocycles. The van der Waals surface area contributed by atoms with Gasteiger partial charge in [-0.1, -0.05) is 18.2 Å². The summed E-state index contributed by atoms with van der Waals surface area (Å²) in [5.74, 6) is -0.581. The number of amides is 1. The van der Waals surface area contributed by atoms with Gasteiger partial charge in [-0.3, -0.25) is 9.36 Å². The number of halogens is 3. The SMILES string of the molecule is C=CC(=O)N1CCN(c2nc(=O)n3c4c(c(-c5cc(Cl)c(F)cc5F)c(C)cc24)SCC(OC2CC2)C3)CC1. The predicted octanol–water partition coefficient (Wildman–Crippen LogP) is 4.79. The zero-order valence-electron chi connectivity index (χ0n) is 21.4. The summed E-state index contributed by atoms with van der Waals surface area (Å²) in [4.78, 5) is 34.6. The number of carbonyl (C=O) groups excluding carboxylic acids is 1. The molecule has 11 heteroatoms. The first-order valence-corrected chi connectivity index (χ1v) is 14.3. The lowest BCUT2D eigenvalue weighted by Crippen LogP contribution is -2.49. The molecular formula is C28H27ClF2N4O3S. The van der Waals surface area contributed by atoms with Crippen LogP contribution in [0.1, 0.15) is 18.4 Å². The van der Waals surface area contributed by atoms with Crippen LogP contribution in [0.2, 0.25) is 5.02 Å². The standard InChI is InChI=1S/C28H27ClF2N4O3S/c1-3-23(36)33-6-8-34(9-7-33)27-19-10-15(2)24(18-11-20(29)22(31)12-21(18)30)26-25(19)35(28(37)32-27)13-17(14-39-26)38-16-4-5-16/h3,10-12,16-17H,1,4-9,13-14H2,2H3. The van der Waals surface area contributed by atoms with E-state index in [1.807, 2.05) is 17.9 Å². The van der Waals surface area contributed by atoms with E-state index in [2.05, 4.69) is 11.6 Å². The normalized spacial score (nSPS) is 19.3. The van der Waals surface area contributed by atoms with Gasteiger partial charge in [-0.15, -0.1) is 11.8 Å². The fourth-order valence-electron chi connectivity index (χ4n) is 5.38. The summed E-state index contributed by atoms with van der Waals surface area (Å²) in [6, 6.07) is 4.01. The number of rotatable bonds is 5. The molecule has 6 rings (SSSR count). The van der Waals surface area contributed by atoms with Gasteiger partial charge in [0.2, 0.25) is 5.91 Å². The second-order valence-corrected chi connectivity index (χ2v) is 11.6. The smallest absolute Gasteiger partial charge is 0.350 e. The van der Waals surface area contributed by atoms with Crippen molar-refractivity contribution in [3.8, 4) is 11.1 Å². The summed E-state index contributed by atoms with van der Waals surface area (Å²) in [6.07, 6.45) is 3.28. The van der Waals surface area contributed by atoms with E-state index in [1.165, 1.54) is 23.9 Å².